The lowest BCUT2D eigenvalue weighted by Gasteiger charge is -2.20. The van der Waals surface area contributed by atoms with Gasteiger partial charge in [0.1, 0.15) is 0 Å². The summed E-state index contributed by atoms with van der Waals surface area (Å²) in [5, 5.41) is 7.78. The van der Waals surface area contributed by atoms with Crippen LogP contribution >= 0.6 is 27.5 Å². The van der Waals surface area contributed by atoms with E-state index < -0.39 is 0 Å². The summed E-state index contributed by atoms with van der Waals surface area (Å²) in [6, 6.07) is 7.01. The van der Waals surface area contributed by atoms with Crippen molar-refractivity contribution in [2.75, 3.05) is 11.9 Å². The minimum absolute atomic E-state index is 0.445. The summed E-state index contributed by atoms with van der Waals surface area (Å²) < 4.78 is 0.952. The zero-order valence-electron chi connectivity index (χ0n) is 9.97. The van der Waals surface area contributed by atoms with Crippen LogP contribution in [-0.4, -0.2) is 18.6 Å². The average molecular weight is 318 g/mol. The van der Waals surface area contributed by atoms with Crippen LogP contribution in [0.15, 0.2) is 22.7 Å². The topological polar surface area (TPSA) is 24.1 Å². The largest absolute Gasteiger partial charge is 0.382 e. The fourth-order valence-electron chi connectivity index (χ4n) is 2.32. The number of anilines is 1. The van der Waals surface area contributed by atoms with Gasteiger partial charge in [0, 0.05) is 12.1 Å². The highest BCUT2D eigenvalue weighted by atomic mass is 79.9. The van der Waals surface area contributed by atoms with Gasteiger partial charge in [-0.3, -0.25) is 0 Å². The molecule has 1 aliphatic rings. The van der Waals surface area contributed by atoms with Crippen molar-refractivity contribution in [3.05, 3.63) is 27.7 Å². The molecule has 2 unspecified atom stereocenters. The van der Waals surface area contributed by atoms with E-state index in [9.17, 15) is 0 Å². The monoisotopic (exact) mass is 316 g/mol. The van der Waals surface area contributed by atoms with Crippen LogP contribution in [0.3, 0.4) is 0 Å². The Morgan fingerprint density at radius 2 is 2.41 bits per heavy atom. The van der Waals surface area contributed by atoms with E-state index in [-0.39, 0.29) is 0 Å². The van der Waals surface area contributed by atoms with Gasteiger partial charge in [0.2, 0.25) is 0 Å². The highest BCUT2D eigenvalue weighted by Crippen LogP contribution is 2.30. The van der Waals surface area contributed by atoms with E-state index in [4.69, 9.17) is 11.6 Å². The first-order chi connectivity index (χ1) is 8.16. The van der Waals surface area contributed by atoms with Gasteiger partial charge < -0.3 is 10.6 Å². The Labute approximate surface area is 116 Å². The maximum Gasteiger partial charge on any atom is 0.0593 e. The Kier molecular flexibility index (Phi) is 4.71. The summed E-state index contributed by atoms with van der Waals surface area (Å²) in [5.41, 5.74) is 1.07. The molecule has 0 amide bonds. The predicted molar refractivity (Wildman–Crippen MR) is 77.9 cm³/mol. The third kappa shape index (κ3) is 3.60. The van der Waals surface area contributed by atoms with Crippen LogP contribution in [0, 0.1) is 0 Å². The molecule has 4 heteroatoms. The number of hydrogen-bond acceptors (Lipinski definition) is 2. The maximum absolute atomic E-state index is 6.07. The van der Waals surface area contributed by atoms with Crippen molar-refractivity contribution in [3.8, 4) is 0 Å². The minimum Gasteiger partial charge on any atom is -0.382 e. The van der Waals surface area contributed by atoms with E-state index in [2.05, 4.69) is 39.6 Å². The molecule has 0 aliphatic carbocycles. The van der Waals surface area contributed by atoms with Gasteiger partial charge in [-0.15, -0.1) is 0 Å². The molecule has 1 heterocycles. The van der Waals surface area contributed by atoms with E-state index >= 15 is 0 Å². The molecule has 0 bridgehead atoms. The number of halogens is 2. The van der Waals surface area contributed by atoms with Gasteiger partial charge >= 0.3 is 0 Å². The fraction of sp³-hybridized carbons (Fsp3) is 0.538. The molecule has 0 radical (unpaired) electrons. The summed E-state index contributed by atoms with van der Waals surface area (Å²) in [5.74, 6) is 0. The van der Waals surface area contributed by atoms with Gasteiger partial charge in [-0.05, 0) is 60.8 Å². The van der Waals surface area contributed by atoms with Crippen LogP contribution in [0.2, 0.25) is 5.02 Å². The van der Waals surface area contributed by atoms with Crippen LogP contribution < -0.4 is 10.6 Å². The number of nitrogens with one attached hydrogen (secondary N) is 2. The molecule has 0 aromatic heterocycles. The Morgan fingerprint density at radius 1 is 1.59 bits per heavy atom. The van der Waals surface area contributed by atoms with E-state index in [0.29, 0.717) is 12.1 Å². The first-order valence-electron chi connectivity index (χ1n) is 6.10. The lowest BCUT2D eigenvalue weighted by atomic mass is 10.1. The molecule has 1 aromatic carbocycles. The number of benzene rings is 1. The van der Waals surface area contributed by atoms with E-state index in [0.717, 1.165) is 28.1 Å². The van der Waals surface area contributed by atoms with E-state index in [1.165, 1.54) is 12.8 Å². The standard InChI is InChI=1S/C13H18BrClN2/c1-9(8-10-4-3-7-16-10)17-12-6-2-5-11(15)13(12)14/h2,5-6,9-10,16-17H,3-4,7-8H2,1H3. The minimum atomic E-state index is 0.445. The molecule has 94 valence electrons. The Balaban J connectivity index is 1.93. The Hall–Kier alpha value is -0.250. The molecule has 2 atom stereocenters. The fourth-order valence-corrected chi connectivity index (χ4v) is 2.88. The summed E-state index contributed by atoms with van der Waals surface area (Å²) in [4.78, 5) is 0. The molecule has 2 N–H and O–H groups in total. The lowest BCUT2D eigenvalue weighted by Crippen LogP contribution is -2.29. The average Bonchev–Trinajstić information content (AvgIpc) is 2.77. The van der Waals surface area contributed by atoms with Crippen molar-refractivity contribution in [2.45, 2.75) is 38.3 Å². The van der Waals surface area contributed by atoms with E-state index in [1.807, 2.05) is 12.1 Å². The van der Waals surface area contributed by atoms with Crippen molar-refractivity contribution in [2.24, 2.45) is 0 Å². The van der Waals surface area contributed by atoms with Crippen LogP contribution in [-0.2, 0) is 0 Å². The molecule has 0 spiro atoms. The highest BCUT2D eigenvalue weighted by molar-refractivity contribution is 9.10. The zero-order chi connectivity index (χ0) is 12.3. The third-order valence-corrected chi connectivity index (χ3v) is 4.55. The summed E-state index contributed by atoms with van der Waals surface area (Å²) >= 11 is 9.58. The Morgan fingerprint density at radius 3 is 3.12 bits per heavy atom. The van der Waals surface area contributed by atoms with Crippen LogP contribution in [0.5, 0.6) is 0 Å². The third-order valence-electron chi connectivity index (χ3n) is 3.15. The van der Waals surface area contributed by atoms with Gasteiger partial charge in [-0.25, -0.2) is 0 Å². The van der Waals surface area contributed by atoms with Gasteiger partial charge in [-0.2, -0.15) is 0 Å². The molecule has 2 rings (SSSR count). The van der Waals surface area contributed by atoms with Crippen LogP contribution in [0.4, 0.5) is 5.69 Å². The molecule has 1 saturated heterocycles. The highest BCUT2D eigenvalue weighted by Gasteiger charge is 2.17. The molecule has 1 fully saturated rings. The summed E-state index contributed by atoms with van der Waals surface area (Å²) in [6.45, 7) is 3.38. The first-order valence-corrected chi connectivity index (χ1v) is 7.28. The molecular weight excluding hydrogens is 300 g/mol. The van der Waals surface area contributed by atoms with Crippen LogP contribution in [0.25, 0.3) is 0 Å². The first kappa shape index (κ1) is 13.2. The second kappa shape index (κ2) is 6.07. The SMILES string of the molecule is CC(CC1CCCN1)Nc1cccc(Cl)c1Br. The predicted octanol–water partition coefficient (Wildman–Crippen LogP) is 4.05. The van der Waals surface area contributed by atoms with Crippen LogP contribution in [0.1, 0.15) is 26.2 Å². The van der Waals surface area contributed by atoms with Gasteiger partial charge in [0.25, 0.3) is 0 Å². The number of rotatable bonds is 4. The van der Waals surface area contributed by atoms with Crippen molar-refractivity contribution in [1.82, 2.24) is 5.32 Å². The van der Waals surface area contributed by atoms with Crippen molar-refractivity contribution < 1.29 is 0 Å². The second-order valence-electron chi connectivity index (χ2n) is 4.68. The second-order valence-corrected chi connectivity index (χ2v) is 5.88. The Bertz CT molecular complexity index is 378. The molecule has 1 aliphatic heterocycles. The van der Waals surface area contributed by atoms with Gasteiger partial charge in [0.15, 0.2) is 0 Å². The molecule has 1 aromatic rings. The molecule has 2 nitrogen and oxygen atoms in total. The van der Waals surface area contributed by atoms with Crippen molar-refractivity contribution in [1.29, 1.82) is 0 Å². The molecule has 17 heavy (non-hydrogen) atoms. The van der Waals surface area contributed by atoms with Crippen molar-refractivity contribution in [3.63, 3.8) is 0 Å². The zero-order valence-corrected chi connectivity index (χ0v) is 12.3. The van der Waals surface area contributed by atoms with Gasteiger partial charge in [0.05, 0.1) is 15.2 Å². The molecule has 0 saturated carbocycles. The molecular formula is C13H18BrClN2. The van der Waals surface area contributed by atoms with Crippen molar-refractivity contribution >= 4 is 33.2 Å². The van der Waals surface area contributed by atoms with E-state index in [1.54, 1.807) is 0 Å². The number of hydrogen-bond donors (Lipinski definition) is 2. The summed E-state index contributed by atoms with van der Waals surface area (Å²) in [6.07, 6.45) is 3.75. The quantitative estimate of drug-likeness (QED) is 0.875. The normalized spacial score (nSPS) is 21.5. The lowest BCUT2D eigenvalue weighted by molar-refractivity contribution is 0.523. The smallest absolute Gasteiger partial charge is 0.0593 e. The maximum atomic E-state index is 6.07. The van der Waals surface area contributed by atoms with Gasteiger partial charge in [-0.1, -0.05) is 17.7 Å². The summed E-state index contributed by atoms with van der Waals surface area (Å²) in [7, 11) is 0.